The molecule has 2 aromatic carbocycles. The highest BCUT2D eigenvalue weighted by Gasteiger charge is 2.55. The van der Waals surface area contributed by atoms with Crippen molar-refractivity contribution < 1.29 is 57.1 Å². The van der Waals surface area contributed by atoms with E-state index >= 15 is 0 Å². The molecule has 13 heteroatoms. The summed E-state index contributed by atoms with van der Waals surface area (Å²) in [5.41, 5.74) is 4.34. The summed E-state index contributed by atoms with van der Waals surface area (Å²) in [7, 11) is 1.09. The summed E-state index contributed by atoms with van der Waals surface area (Å²) in [5, 5.41) is 2.58. The summed E-state index contributed by atoms with van der Waals surface area (Å²) in [6.07, 6.45) is -8.13. The van der Waals surface area contributed by atoms with E-state index in [4.69, 9.17) is 33.2 Å². The first-order chi connectivity index (χ1) is 20.6. The molecule has 43 heavy (non-hydrogen) atoms. The summed E-state index contributed by atoms with van der Waals surface area (Å²) in [6, 6.07) is 15.9. The predicted octanol–water partition coefficient (Wildman–Crippen LogP) is 2.23. The number of carbonyl (C=O) groups is 5. The average Bonchev–Trinajstić information content (AvgIpc) is 3.29. The van der Waals surface area contributed by atoms with E-state index in [-0.39, 0.29) is 25.7 Å². The summed E-state index contributed by atoms with van der Waals surface area (Å²) in [4.78, 5) is 60.6. The highest BCUT2D eigenvalue weighted by molar-refractivity contribution is 5.79. The number of rotatable bonds is 10. The van der Waals surface area contributed by atoms with Gasteiger partial charge >= 0.3 is 30.0 Å². The largest absolute Gasteiger partial charge is 0.467 e. The third-order valence-corrected chi connectivity index (χ3v) is 6.83. The summed E-state index contributed by atoms with van der Waals surface area (Å²) in [5.74, 6) is -3.47. The molecule has 1 aliphatic carbocycles. The molecule has 0 aromatic heterocycles. The number of ether oxygens (including phenoxy) is 7. The summed E-state index contributed by atoms with van der Waals surface area (Å²) in [6.45, 7) is 3.14. The molecule has 230 valence electrons. The second kappa shape index (κ2) is 14.1. The Kier molecular flexibility index (Phi) is 10.3. The van der Waals surface area contributed by atoms with Gasteiger partial charge in [-0.15, -0.1) is 0 Å². The fourth-order valence-corrected chi connectivity index (χ4v) is 5.19. The predicted molar refractivity (Wildman–Crippen MR) is 146 cm³/mol. The van der Waals surface area contributed by atoms with Crippen LogP contribution in [0.1, 0.15) is 37.8 Å². The Morgan fingerprint density at radius 2 is 1.30 bits per heavy atom. The lowest BCUT2D eigenvalue weighted by atomic mass is 9.97. The zero-order valence-electron chi connectivity index (χ0n) is 24.1. The SMILES string of the molecule is COC(=O)C1OC(OCCNC(=O)OCC2c3ccccc3-c3ccccc32)C(OC(C)=O)[C@@H](OC(C)=O)C1OC(C)=O. The molecule has 2 aliphatic rings. The van der Waals surface area contributed by atoms with Crippen LogP contribution in [0.4, 0.5) is 4.79 Å². The van der Waals surface area contributed by atoms with Gasteiger partial charge in [0.15, 0.2) is 30.7 Å². The lowest BCUT2D eigenvalue weighted by Gasteiger charge is -2.43. The van der Waals surface area contributed by atoms with Gasteiger partial charge in [0.25, 0.3) is 0 Å². The number of esters is 4. The van der Waals surface area contributed by atoms with E-state index in [1.54, 1.807) is 0 Å². The summed E-state index contributed by atoms with van der Waals surface area (Å²) >= 11 is 0. The first-order valence-electron chi connectivity index (χ1n) is 13.6. The Hall–Kier alpha value is -4.49. The molecule has 1 N–H and O–H groups in total. The van der Waals surface area contributed by atoms with Crippen molar-refractivity contribution in [2.75, 3.05) is 26.9 Å². The minimum absolute atomic E-state index is 0.0577. The molecule has 4 rings (SSSR count). The first kappa shape index (κ1) is 31.4. The first-order valence-corrected chi connectivity index (χ1v) is 13.6. The minimum atomic E-state index is -1.58. The maximum Gasteiger partial charge on any atom is 0.407 e. The minimum Gasteiger partial charge on any atom is -0.467 e. The van der Waals surface area contributed by atoms with Crippen molar-refractivity contribution in [1.82, 2.24) is 5.32 Å². The molecule has 1 heterocycles. The Morgan fingerprint density at radius 3 is 1.86 bits per heavy atom. The van der Waals surface area contributed by atoms with Gasteiger partial charge in [-0.3, -0.25) is 14.4 Å². The molecule has 1 saturated heterocycles. The lowest BCUT2D eigenvalue weighted by Crippen LogP contribution is -2.64. The van der Waals surface area contributed by atoms with E-state index in [2.05, 4.69) is 5.32 Å². The van der Waals surface area contributed by atoms with Crippen molar-refractivity contribution in [2.24, 2.45) is 0 Å². The van der Waals surface area contributed by atoms with Gasteiger partial charge < -0.3 is 38.5 Å². The van der Waals surface area contributed by atoms with Gasteiger partial charge in [-0.05, 0) is 22.3 Å². The van der Waals surface area contributed by atoms with E-state index in [1.807, 2.05) is 48.5 Å². The van der Waals surface area contributed by atoms with Gasteiger partial charge in [0.2, 0.25) is 0 Å². The molecule has 0 spiro atoms. The van der Waals surface area contributed by atoms with Crippen molar-refractivity contribution in [3.63, 3.8) is 0 Å². The number of methoxy groups -OCH3 is 1. The third kappa shape index (κ3) is 7.48. The zero-order valence-corrected chi connectivity index (χ0v) is 24.1. The van der Waals surface area contributed by atoms with Crippen LogP contribution in [0.3, 0.4) is 0 Å². The number of hydrogen-bond acceptors (Lipinski definition) is 12. The maximum absolute atomic E-state index is 12.5. The van der Waals surface area contributed by atoms with E-state index in [1.165, 1.54) is 0 Å². The second-order valence-electron chi connectivity index (χ2n) is 9.79. The molecule has 2 aromatic rings. The van der Waals surface area contributed by atoms with E-state index in [0.717, 1.165) is 50.1 Å². The van der Waals surface area contributed by atoms with Crippen LogP contribution in [-0.2, 0) is 52.3 Å². The van der Waals surface area contributed by atoms with E-state index in [0.29, 0.717) is 0 Å². The van der Waals surface area contributed by atoms with Crippen LogP contribution in [-0.4, -0.2) is 87.5 Å². The number of alkyl carbamates (subject to hydrolysis) is 1. The van der Waals surface area contributed by atoms with Crippen molar-refractivity contribution in [1.29, 1.82) is 0 Å². The van der Waals surface area contributed by atoms with Gasteiger partial charge in [0.1, 0.15) is 6.61 Å². The Morgan fingerprint density at radius 1 is 0.767 bits per heavy atom. The standard InChI is InChI=1S/C30H33NO12/c1-16(32)40-24-25(41-17(2)33)27(42-18(3)34)29(43-26(24)28(35)37-4)38-14-13-31-30(36)39-15-23-21-11-7-5-9-19(21)20-10-6-8-12-22(20)23/h5-12,23-27,29H,13-15H2,1-4H3,(H,31,36)/t24?,25-,26?,27?,29?/m0/s1. The van der Waals surface area contributed by atoms with E-state index in [9.17, 15) is 24.0 Å². The average molecular weight is 600 g/mol. The van der Waals surface area contributed by atoms with Crippen molar-refractivity contribution in [3.8, 4) is 11.1 Å². The molecule has 0 radical (unpaired) electrons. The fraction of sp³-hybridized carbons (Fsp3) is 0.433. The Bertz CT molecular complexity index is 1310. The van der Waals surface area contributed by atoms with Crippen LogP contribution >= 0.6 is 0 Å². The zero-order chi connectivity index (χ0) is 31.1. The topological polar surface area (TPSA) is 162 Å². The Balaban J connectivity index is 1.38. The smallest absolute Gasteiger partial charge is 0.407 e. The number of amides is 1. The normalized spacial score (nSPS) is 22.4. The van der Waals surface area contributed by atoms with Gasteiger partial charge in [-0.2, -0.15) is 0 Å². The second-order valence-corrected chi connectivity index (χ2v) is 9.79. The lowest BCUT2D eigenvalue weighted by molar-refractivity contribution is -0.301. The van der Waals surface area contributed by atoms with Crippen molar-refractivity contribution in [3.05, 3.63) is 59.7 Å². The maximum atomic E-state index is 12.5. The molecular formula is C30H33NO12. The number of fused-ring (bicyclic) bond motifs is 3. The molecule has 1 fully saturated rings. The molecule has 13 nitrogen and oxygen atoms in total. The van der Waals surface area contributed by atoms with Crippen molar-refractivity contribution >= 4 is 30.0 Å². The van der Waals surface area contributed by atoms with Gasteiger partial charge in [0, 0.05) is 33.2 Å². The fourth-order valence-electron chi connectivity index (χ4n) is 5.19. The Labute approximate surface area is 247 Å². The van der Waals surface area contributed by atoms with Crippen LogP contribution in [0.15, 0.2) is 48.5 Å². The monoisotopic (exact) mass is 599 g/mol. The quantitative estimate of drug-likeness (QED) is 0.241. The molecular weight excluding hydrogens is 566 g/mol. The number of benzene rings is 2. The molecule has 5 atom stereocenters. The third-order valence-electron chi connectivity index (χ3n) is 6.83. The van der Waals surface area contributed by atoms with E-state index < -0.39 is 60.7 Å². The number of carbonyl (C=O) groups excluding carboxylic acids is 5. The van der Waals surface area contributed by atoms with Gasteiger partial charge in [-0.1, -0.05) is 48.5 Å². The highest BCUT2D eigenvalue weighted by atomic mass is 16.7. The molecule has 0 bridgehead atoms. The molecule has 1 amide bonds. The highest BCUT2D eigenvalue weighted by Crippen LogP contribution is 2.44. The number of hydrogen-bond donors (Lipinski definition) is 1. The molecule has 0 saturated carbocycles. The van der Waals surface area contributed by atoms with Gasteiger partial charge in [-0.25, -0.2) is 9.59 Å². The molecule has 1 aliphatic heterocycles. The van der Waals surface area contributed by atoms with Crippen LogP contribution < -0.4 is 5.32 Å². The van der Waals surface area contributed by atoms with Crippen molar-refractivity contribution in [2.45, 2.75) is 57.4 Å². The number of nitrogens with one attached hydrogen (secondary N) is 1. The van der Waals surface area contributed by atoms with Crippen LogP contribution in [0.5, 0.6) is 0 Å². The van der Waals surface area contributed by atoms with Crippen LogP contribution in [0.2, 0.25) is 0 Å². The summed E-state index contributed by atoms with van der Waals surface area (Å²) < 4.78 is 37.4. The molecule has 4 unspecified atom stereocenters. The van der Waals surface area contributed by atoms with Crippen LogP contribution in [0.25, 0.3) is 11.1 Å². The van der Waals surface area contributed by atoms with Crippen LogP contribution in [0, 0.1) is 0 Å². The van der Waals surface area contributed by atoms with Gasteiger partial charge in [0.05, 0.1) is 13.7 Å².